The van der Waals surface area contributed by atoms with Crippen molar-refractivity contribution in [3.8, 4) is 39.1 Å². The van der Waals surface area contributed by atoms with E-state index in [1.54, 1.807) is 0 Å². The Labute approximate surface area is 335 Å². The molecule has 0 spiro atoms. The van der Waals surface area contributed by atoms with Gasteiger partial charge in [-0.3, -0.25) is 0 Å². The van der Waals surface area contributed by atoms with E-state index in [9.17, 15) is 0 Å². The van der Waals surface area contributed by atoms with Crippen LogP contribution in [0.2, 0.25) is 0 Å². The van der Waals surface area contributed by atoms with Gasteiger partial charge in [0.1, 0.15) is 0 Å². The van der Waals surface area contributed by atoms with Gasteiger partial charge in [0.25, 0.3) is 0 Å². The van der Waals surface area contributed by atoms with Crippen molar-refractivity contribution in [1.82, 2.24) is 4.57 Å². The highest BCUT2D eigenvalue weighted by Crippen LogP contribution is 2.42. The van der Waals surface area contributed by atoms with Crippen molar-refractivity contribution in [2.24, 2.45) is 0 Å². The maximum atomic E-state index is 2.41. The highest BCUT2D eigenvalue weighted by molar-refractivity contribution is 7.26. The molecule has 11 aromatic rings. The van der Waals surface area contributed by atoms with Crippen molar-refractivity contribution < 1.29 is 0 Å². The van der Waals surface area contributed by atoms with Gasteiger partial charge in [0.15, 0.2) is 0 Å². The average molecular weight is 745 g/mol. The predicted molar refractivity (Wildman–Crippen MR) is 245 cm³/mol. The van der Waals surface area contributed by atoms with Crippen LogP contribution in [0.5, 0.6) is 0 Å². The zero-order valence-corrected chi connectivity index (χ0v) is 31.9. The van der Waals surface area contributed by atoms with Crippen molar-refractivity contribution in [1.29, 1.82) is 0 Å². The third kappa shape index (κ3) is 5.80. The highest BCUT2D eigenvalue weighted by atomic mass is 32.1. The van der Waals surface area contributed by atoms with Crippen molar-refractivity contribution in [3.63, 3.8) is 0 Å². The Balaban J connectivity index is 1.00. The Morgan fingerprint density at radius 3 is 1.47 bits per heavy atom. The second-order valence-electron chi connectivity index (χ2n) is 14.5. The molecule has 0 fully saturated rings. The molecule has 3 heteroatoms. The van der Waals surface area contributed by atoms with Crippen LogP contribution in [-0.2, 0) is 0 Å². The lowest BCUT2D eigenvalue weighted by Crippen LogP contribution is -2.09. The smallest absolute Gasteiger partial charge is 0.0541 e. The first kappa shape index (κ1) is 33.2. The van der Waals surface area contributed by atoms with Crippen LogP contribution in [0.25, 0.3) is 81.0 Å². The molecule has 0 radical (unpaired) electrons. The van der Waals surface area contributed by atoms with E-state index in [1.165, 1.54) is 75.4 Å². The first-order valence-corrected chi connectivity index (χ1v) is 20.2. The van der Waals surface area contributed by atoms with Gasteiger partial charge in [-0.15, -0.1) is 11.3 Å². The fourth-order valence-electron chi connectivity index (χ4n) is 8.50. The van der Waals surface area contributed by atoms with Gasteiger partial charge in [-0.2, -0.15) is 0 Å². The molecular formula is C54H36N2S. The van der Waals surface area contributed by atoms with Gasteiger partial charge in [0, 0.05) is 53.7 Å². The minimum absolute atomic E-state index is 1.10. The molecule has 0 atom stereocenters. The summed E-state index contributed by atoms with van der Waals surface area (Å²) in [5, 5.41) is 5.16. The number of nitrogens with zero attached hydrogens (tertiary/aromatic N) is 2. The molecule has 0 aliphatic carbocycles. The fraction of sp³-hybridized carbons (Fsp3) is 0. The number of fused-ring (bicyclic) bond motifs is 6. The SMILES string of the molecule is c1ccc(-c2cc(-c3ccc(N(c4ccccc4)c4ccc(-c5cccc6c5sc5ccccc56)cc4)cc3)cc(-n3c4ccccc4c4ccccc43)c2)cc1. The van der Waals surface area contributed by atoms with Gasteiger partial charge >= 0.3 is 0 Å². The van der Waals surface area contributed by atoms with Crippen LogP contribution >= 0.6 is 11.3 Å². The summed E-state index contributed by atoms with van der Waals surface area (Å²) in [5.41, 5.74) is 14.1. The van der Waals surface area contributed by atoms with E-state index in [4.69, 9.17) is 0 Å². The van der Waals surface area contributed by atoms with Gasteiger partial charge in [-0.25, -0.2) is 0 Å². The first-order valence-electron chi connectivity index (χ1n) is 19.4. The minimum Gasteiger partial charge on any atom is -0.311 e. The molecule has 0 aliphatic rings. The highest BCUT2D eigenvalue weighted by Gasteiger charge is 2.17. The number of hydrogen-bond donors (Lipinski definition) is 0. The predicted octanol–water partition coefficient (Wildman–Crippen LogP) is 15.6. The number of hydrogen-bond acceptors (Lipinski definition) is 2. The van der Waals surface area contributed by atoms with Crippen molar-refractivity contribution in [2.45, 2.75) is 0 Å². The summed E-state index contributed by atoms with van der Waals surface area (Å²) in [6.07, 6.45) is 0. The molecule has 0 bridgehead atoms. The van der Waals surface area contributed by atoms with E-state index < -0.39 is 0 Å². The molecule has 2 aromatic heterocycles. The number of anilines is 3. The summed E-state index contributed by atoms with van der Waals surface area (Å²) in [5.74, 6) is 0. The van der Waals surface area contributed by atoms with E-state index >= 15 is 0 Å². The number of aromatic nitrogens is 1. The molecule has 0 amide bonds. The summed E-state index contributed by atoms with van der Waals surface area (Å²) < 4.78 is 5.07. The number of rotatable bonds is 7. The molecule has 0 N–H and O–H groups in total. The van der Waals surface area contributed by atoms with Crippen molar-refractivity contribution in [2.75, 3.05) is 4.90 Å². The van der Waals surface area contributed by atoms with Crippen LogP contribution in [0.15, 0.2) is 218 Å². The standard InChI is InChI=1S/C54H36N2S/c1-3-14-37(15-4-1)40-34-41(36-45(35-40)56-51-23-10-7-18-47(51)48-19-8-11-24-52(48)56)38-26-30-43(31-27-38)55(42-16-5-2-6-17-42)44-32-28-39(29-33-44)46-21-13-22-50-49-20-9-12-25-53(49)57-54(46)50/h1-36H. The summed E-state index contributed by atoms with van der Waals surface area (Å²) in [4.78, 5) is 2.34. The molecule has 2 heterocycles. The van der Waals surface area contributed by atoms with Gasteiger partial charge < -0.3 is 9.47 Å². The third-order valence-corrected chi connectivity index (χ3v) is 12.4. The van der Waals surface area contributed by atoms with E-state index in [-0.39, 0.29) is 0 Å². The van der Waals surface area contributed by atoms with E-state index in [1.807, 2.05) is 11.3 Å². The van der Waals surface area contributed by atoms with Crippen LogP contribution in [0.1, 0.15) is 0 Å². The zero-order chi connectivity index (χ0) is 37.7. The minimum atomic E-state index is 1.10. The Morgan fingerprint density at radius 1 is 0.333 bits per heavy atom. The molecule has 57 heavy (non-hydrogen) atoms. The maximum absolute atomic E-state index is 2.41. The second-order valence-corrected chi connectivity index (χ2v) is 15.6. The summed E-state index contributed by atoms with van der Waals surface area (Å²) in [7, 11) is 0. The molecule has 11 rings (SSSR count). The van der Waals surface area contributed by atoms with Crippen LogP contribution in [0.3, 0.4) is 0 Å². The van der Waals surface area contributed by atoms with Crippen molar-refractivity contribution >= 4 is 70.4 Å². The van der Waals surface area contributed by atoms with Crippen molar-refractivity contribution in [3.05, 3.63) is 218 Å². The quantitative estimate of drug-likeness (QED) is 0.158. The van der Waals surface area contributed by atoms with Crippen LogP contribution < -0.4 is 4.90 Å². The summed E-state index contributed by atoms with van der Waals surface area (Å²) in [6.45, 7) is 0. The number of thiophene rings is 1. The molecule has 2 nitrogen and oxygen atoms in total. The number of para-hydroxylation sites is 3. The van der Waals surface area contributed by atoms with Gasteiger partial charge in [0.2, 0.25) is 0 Å². The van der Waals surface area contributed by atoms with Crippen LogP contribution in [-0.4, -0.2) is 4.57 Å². The lowest BCUT2D eigenvalue weighted by Gasteiger charge is -2.26. The maximum Gasteiger partial charge on any atom is 0.0541 e. The molecule has 0 saturated carbocycles. The Hall–Kier alpha value is -7.20. The summed E-state index contributed by atoms with van der Waals surface area (Å²) in [6, 6.07) is 79.3. The van der Waals surface area contributed by atoms with Gasteiger partial charge in [0.05, 0.1) is 11.0 Å². The molecule has 268 valence electrons. The monoisotopic (exact) mass is 744 g/mol. The largest absolute Gasteiger partial charge is 0.311 e. The topological polar surface area (TPSA) is 8.17 Å². The fourth-order valence-corrected chi connectivity index (χ4v) is 9.73. The van der Waals surface area contributed by atoms with Crippen LogP contribution in [0, 0.1) is 0 Å². The number of benzene rings is 9. The molecular weight excluding hydrogens is 709 g/mol. The van der Waals surface area contributed by atoms with E-state index in [0.717, 1.165) is 22.7 Å². The Bertz CT molecular complexity index is 3160. The Morgan fingerprint density at radius 2 is 0.825 bits per heavy atom. The molecule has 0 aliphatic heterocycles. The molecule has 9 aromatic carbocycles. The lowest BCUT2D eigenvalue weighted by atomic mass is 9.97. The van der Waals surface area contributed by atoms with Gasteiger partial charge in [-0.05, 0) is 106 Å². The van der Waals surface area contributed by atoms with Gasteiger partial charge in [-0.1, -0.05) is 146 Å². The van der Waals surface area contributed by atoms with Crippen LogP contribution in [0.4, 0.5) is 17.1 Å². The Kier molecular flexibility index (Phi) is 8.04. The lowest BCUT2D eigenvalue weighted by molar-refractivity contribution is 1.18. The average Bonchev–Trinajstić information content (AvgIpc) is 3.84. The normalized spacial score (nSPS) is 11.5. The molecule has 0 saturated heterocycles. The summed E-state index contributed by atoms with van der Waals surface area (Å²) >= 11 is 1.88. The first-order chi connectivity index (χ1) is 28.3. The van der Waals surface area contributed by atoms with E-state index in [2.05, 4.69) is 228 Å². The van der Waals surface area contributed by atoms with E-state index in [0.29, 0.717) is 0 Å². The third-order valence-electron chi connectivity index (χ3n) is 11.2. The zero-order valence-electron chi connectivity index (χ0n) is 31.1. The second kappa shape index (κ2) is 13.8. The molecule has 0 unspecified atom stereocenters.